The van der Waals surface area contributed by atoms with Crippen molar-refractivity contribution in [1.82, 2.24) is 10.2 Å². The summed E-state index contributed by atoms with van der Waals surface area (Å²) in [5, 5.41) is 12.6. The molecule has 0 aromatic rings. The van der Waals surface area contributed by atoms with E-state index < -0.39 is 0 Å². The molecule has 0 aromatic heterocycles. The highest BCUT2D eigenvalue weighted by Crippen LogP contribution is 2.12. The van der Waals surface area contributed by atoms with Crippen molar-refractivity contribution in [2.45, 2.75) is 65.5 Å². The number of rotatable bonds is 9. The summed E-state index contributed by atoms with van der Waals surface area (Å²) < 4.78 is 0. The number of nitriles is 1. The van der Waals surface area contributed by atoms with Crippen LogP contribution in [0.4, 0.5) is 0 Å². The third-order valence-corrected chi connectivity index (χ3v) is 3.53. The topological polar surface area (TPSA) is 39.1 Å². The number of nitrogens with zero attached hydrogens (tertiary/aromatic N) is 2. The minimum Gasteiger partial charge on any atom is -0.301 e. The fourth-order valence-electron chi connectivity index (χ4n) is 1.90. The molecule has 0 aliphatic rings. The predicted molar refractivity (Wildman–Crippen MR) is 73.9 cm³/mol. The van der Waals surface area contributed by atoms with Crippen LogP contribution in [0, 0.1) is 11.3 Å². The Kier molecular flexibility index (Phi) is 8.20. The van der Waals surface area contributed by atoms with Gasteiger partial charge in [0, 0.05) is 12.6 Å². The van der Waals surface area contributed by atoms with Crippen LogP contribution in [0.5, 0.6) is 0 Å². The molecule has 2 unspecified atom stereocenters. The van der Waals surface area contributed by atoms with Gasteiger partial charge in [0.1, 0.15) is 5.54 Å². The van der Waals surface area contributed by atoms with Crippen molar-refractivity contribution in [3.63, 3.8) is 0 Å². The molecule has 0 radical (unpaired) electrons. The van der Waals surface area contributed by atoms with E-state index >= 15 is 0 Å². The van der Waals surface area contributed by atoms with Crippen LogP contribution in [0.15, 0.2) is 0 Å². The van der Waals surface area contributed by atoms with E-state index in [1.807, 2.05) is 6.92 Å². The maximum atomic E-state index is 9.26. The average Bonchev–Trinajstić information content (AvgIpc) is 2.36. The van der Waals surface area contributed by atoms with Gasteiger partial charge in [-0.05, 0) is 46.2 Å². The molecule has 100 valence electrons. The molecule has 0 bridgehead atoms. The fraction of sp³-hybridized carbons (Fsp3) is 0.929. The Morgan fingerprint density at radius 3 is 2.41 bits per heavy atom. The molecular weight excluding hydrogens is 210 g/mol. The second kappa shape index (κ2) is 8.49. The molecule has 0 saturated carbocycles. The van der Waals surface area contributed by atoms with Crippen LogP contribution < -0.4 is 5.32 Å². The zero-order chi connectivity index (χ0) is 13.3. The largest absolute Gasteiger partial charge is 0.301 e. The molecule has 1 N–H and O–H groups in total. The van der Waals surface area contributed by atoms with Gasteiger partial charge in [0.05, 0.1) is 6.07 Å². The smallest absolute Gasteiger partial charge is 0.105 e. The van der Waals surface area contributed by atoms with Gasteiger partial charge in [-0.1, -0.05) is 20.8 Å². The van der Waals surface area contributed by atoms with Crippen LogP contribution >= 0.6 is 0 Å². The third kappa shape index (κ3) is 6.05. The van der Waals surface area contributed by atoms with Gasteiger partial charge < -0.3 is 4.90 Å². The highest BCUT2D eigenvalue weighted by atomic mass is 15.1. The van der Waals surface area contributed by atoms with Gasteiger partial charge in [0.25, 0.3) is 0 Å². The van der Waals surface area contributed by atoms with Gasteiger partial charge in [-0.2, -0.15) is 5.26 Å². The summed E-state index contributed by atoms with van der Waals surface area (Å²) in [6.07, 6.45) is 3.13. The van der Waals surface area contributed by atoms with E-state index in [0.29, 0.717) is 6.04 Å². The molecule has 2 atom stereocenters. The van der Waals surface area contributed by atoms with Crippen molar-refractivity contribution < 1.29 is 0 Å². The third-order valence-electron chi connectivity index (χ3n) is 3.53. The minimum atomic E-state index is -0.378. The summed E-state index contributed by atoms with van der Waals surface area (Å²) >= 11 is 0. The van der Waals surface area contributed by atoms with E-state index in [1.54, 1.807) is 0 Å². The average molecular weight is 239 g/mol. The molecule has 0 saturated heterocycles. The Morgan fingerprint density at radius 2 is 2.00 bits per heavy atom. The van der Waals surface area contributed by atoms with E-state index in [4.69, 9.17) is 0 Å². The number of hydrogen-bond acceptors (Lipinski definition) is 3. The lowest BCUT2D eigenvalue weighted by Gasteiger charge is -2.31. The molecule has 0 aromatic carbocycles. The first-order valence-corrected chi connectivity index (χ1v) is 6.93. The lowest BCUT2D eigenvalue weighted by Crippen LogP contribution is -2.45. The summed E-state index contributed by atoms with van der Waals surface area (Å²) in [6.45, 7) is 13.8. The van der Waals surface area contributed by atoms with Crippen molar-refractivity contribution in [1.29, 1.82) is 5.26 Å². The molecule has 0 heterocycles. The standard InChI is InChI=1S/C14H29N3/c1-6-10-16-14(5,12-15)9-11-17(8-3)13(4)7-2/h13,16H,6-11H2,1-5H3. The summed E-state index contributed by atoms with van der Waals surface area (Å²) in [5.74, 6) is 0. The Labute approximate surface area is 107 Å². The zero-order valence-corrected chi connectivity index (χ0v) is 12.2. The van der Waals surface area contributed by atoms with Gasteiger partial charge in [-0.15, -0.1) is 0 Å². The Hall–Kier alpha value is -0.590. The zero-order valence-electron chi connectivity index (χ0n) is 12.2. The SMILES string of the molecule is CCCNC(C)(C#N)CCN(CC)C(C)CC. The maximum absolute atomic E-state index is 9.26. The monoisotopic (exact) mass is 239 g/mol. The van der Waals surface area contributed by atoms with Crippen molar-refractivity contribution in [2.75, 3.05) is 19.6 Å². The summed E-state index contributed by atoms with van der Waals surface area (Å²) in [4.78, 5) is 2.45. The van der Waals surface area contributed by atoms with E-state index in [-0.39, 0.29) is 5.54 Å². The first kappa shape index (κ1) is 16.4. The van der Waals surface area contributed by atoms with Crippen LogP contribution in [-0.4, -0.2) is 36.1 Å². The van der Waals surface area contributed by atoms with Crippen LogP contribution in [0.1, 0.15) is 53.9 Å². The second-order valence-corrected chi connectivity index (χ2v) is 5.01. The maximum Gasteiger partial charge on any atom is 0.105 e. The van der Waals surface area contributed by atoms with Crippen molar-refractivity contribution in [3.8, 4) is 6.07 Å². The van der Waals surface area contributed by atoms with Crippen LogP contribution in [0.25, 0.3) is 0 Å². The fourth-order valence-corrected chi connectivity index (χ4v) is 1.90. The molecule has 0 aliphatic carbocycles. The summed E-state index contributed by atoms with van der Waals surface area (Å²) in [7, 11) is 0. The van der Waals surface area contributed by atoms with E-state index in [1.165, 1.54) is 6.42 Å². The van der Waals surface area contributed by atoms with E-state index in [0.717, 1.165) is 32.5 Å². The lowest BCUT2D eigenvalue weighted by atomic mass is 9.98. The highest BCUT2D eigenvalue weighted by molar-refractivity contribution is 5.04. The summed E-state index contributed by atoms with van der Waals surface area (Å²) in [5.41, 5.74) is -0.378. The number of hydrogen-bond donors (Lipinski definition) is 1. The van der Waals surface area contributed by atoms with Crippen molar-refractivity contribution >= 4 is 0 Å². The van der Waals surface area contributed by atoms with Crippen molar-refractivity contribution in [2.24, 2.45) is 0 Å². The Morgan fingerprint density at radius 1 is 1.35 bits per heavy atom. The van der Waals surface area contributed by atoms with Gasteiger partial charge in [-0.3, -0.25) is 5.32 Å². The van der Waals surface area contributed by atoms with Gasteiger partial charge in [-0.25, -0.2) is 0 Å². The quantitative estimate of drug-likeness (QED) is 0.672. The molecule has 0 fully saturated rings. The summed E-state index contributed by atoms with van der Waals surface area (Å²) in [6, 6.07) is 3.02. The van der Waals surface area contributed by atoms with E-state index in [9.17, 15) is 5.26 Å². The molecule has 0 aliphatic heterocycles. The molecule has 0 spiro atoms. The van der Waals surface area contributed by atoms with Crippen LogP contribution in [0.2, 0.25) is 0 Å². The molecular formula is C14H29N3. The molecule has 3 nitrogen and oxygen atoms in total. The normalized spacial score (nSPS) is 16.5. The highest BCUT2D eigenvalue weighted by Gasteiger charge is 2.24. The van der Waals surface area contributed by atoms with Crippen LogP contribution in [0.3, 0.4) is 0 Å². The first-order valence-electron chi connectivity index (χ1n) is 6.93. The Balaban J connectivity index is 4.25. The predicted octanol–water partition coefficient (Wildman–Crippen LogP) is 2.78. The first-order chi connectivity index (χ1) is 8.02. The van der Waals surface area contributed by atoms with E-state index in [2.05, 4.69) is 44.0 Å². The van der Waals surface area contributed by atoms with Crippen molar-refractivity contribution in [3.05, 3.63) is 0 Å². The van der Waals surface area contributed by atoms with Gasteiger partial charge >= 0.3 is 0 Å². The Bertz CT molecular complexity index is 234. The van der Waals surface area contributed by atoms with Crippen LogP contribution in [-0.2, 0) is 0 Å². The van der Waals surface area contributed by atoms with Gasteiger partial charge in [0.2, 0.25) is 0 Å². The second-order valence-electron chi connectivity index (χ2n) is 5.01. The minimum absolute atomic E-state index is 0.378. The molecule has 0 amide bonds. The molecule has 0 rings (SSSR count). The molecule has 17 heavy (non-hydrogen) atoms. The molecule has 3 heteroatoms. The van der Waals surface area contributed by atoms with Gasteiger partial charge in [0.15, 0.2) is 0 Å². The number of nitrogens with one attached hydrogen (secondary N) is 1. The lowest BCUT2D eigenvalue weighted by molar-refractivity contribution is 0.196.